The highest BCUT2D eigenvalue weighted by molar-refractivity contribution is 7.80. The molecule has 66 valence electrons. The summed E-state index contributed by atoms with van der Waals surface area (Å²) in [5, 5.41) is 0.345. The van der Waals surface area contributed by atoms with Crippen LogP contribution in [0.4, 0.5) is 0 Å². The van der Waals surface area contributed by atoms with Crippen LogP contribution < -0.4 is 0 Å². The lowest BCUT2D eigenvalue weighted by Gasteiger charge is -2.25. The number of thiol groups is 1. The van der Waals surface area contributed by atoms with Crippen LogP contribution in [0.1, 0.15) is 25.7 Å². The second kappa shape index (κ2) is 3.48. The predicted molar refractivity (Wildman–Crippen MR) is 47.1 cm³/mol. The van der Waals surface area contributed by atoms with Gasteiger partial charge in [-0.25, -0.2) is 0 Å². The summed E-state index contributed by atoms with van der Waals surface area (Å²) >= 11 is 4.24. The molecule has 0 saturated heterocycles. The third-order valence-corrected chi connectivity index (χ3v) is 4.13. The van der Waals surface area contributed by atoms with Crippen LogP contribution in [-0.4, -0.2) is 20.7 Å². The maximum absolute atomic E-state index is 10.8. The number of hydrogen-bond acceptors (Lipinski definition) is 2. The lowest BCUT2D eigenvalue weighted by atomic mass is 10.00. The first-order valence-corrected chi connectivity index (χ1v) is 5.93. The Labute approximate surface area is 71.8 Å². The van der Waals surface area contributed by atoms with Crippen LogP contribution in [0.25, 0.3) is 0 Å². The van der Waals surface area contributed by atoms with Gasteiger partial charge in [-0.1, -0.05) is 0 Å². The molecule has 0 spiro atoms. The minimum Gasteiger partial charge on any atom is -0.324 e. The normalized spacial score (nSPS) is 33.7. The summed E-state index contributed by atoms with van der Waals surface area (Å²) in [5.41, 5.74) is -0.397. The first kappa shape index (κ1) is 9.59. The summed E-state index contributed by atoms with van der Waals surface area (Å²) in [7, 11) is -3.80. The maximum Gasteiger partial charge on any atom is 0.328 e. The number of hydrogen-bond donors (Lipinski definition) is 3. The Kier molecular flexibility index (Phi) is 3.03. The molecule has 1 rings (SSSR count). The van der Waals surface area contributed by atoms with E-state index in [1.807, 2.05) is 0 Å². The zero-order valence-corrected chi connectivity index (χ0v) is 7.97. The molecule has 0 aromatic heterocycles. The molecule has 2 N–H and O–H groups in total. The van der Waals surface area contributed by atoms with Crippen molar-refractivity contribution >= 4 is 20.2 Å². The summed E-state index contributed by atoms with van der Waals surface area (Å²) < 4.78 is 10.8. The van der Waals surface area contributed by atoms with E-state index in [0.29, 0.717) is 18.1 Å². The molecule has 0 aromatic rings. The van der Waals surface area contributed by atoms with E-state index in [1.165, 1.54) is 0 Å². The summed E-state index contributed by atoms with van der Waals surface area (Å²) in [4.78, 5) is 17.6. The SMILES string of the molecule is O=P(O)(O)C1CCC(S)CC1. The molecular weight excluding hydrogens is 183 g/mol. The van der Waals surface area contributed by atoms with Crippen LogP contribution in [0.15, 0.2) is 0 Å². The van der Waals surface area contributed by atoms with E-state index in [4.69, 9.17) is 9.79 Å². The highest BCUT2D eigenvalue weighted by Gasteiger charge is 2.31. The van der Waals surface area contributed by atoms with E-state index in [-0.39, 0.29) is 0 Å². The van der Waals surface area contributed by atoms with Gasteiger partial charge in [0.15, 0.2) is 0 Å². The lowest BCUT2D eigenvalue weighted by molar-refractivity contribution is 0.338. The van der Waals surface area contributed by atoms with Crippen molar-refractivity contribution in [2.45, 2.75) is 36.6 Å². The van der Waals surface area contributed by atoms with Gasteiger partial charge in [-0.3, -0.25) is 4.57 Å². The summed E-state index contributed by atoms with van der Waals surface area (Å²) in [5.74, 6) is 0. The van der Waals surface area contributed by atoms with Crippen molar-refractivity contribution in [3.8, 4) is 0 Å². The van der Waals surface area contributed by atoms with Gasteiger partial charge in [0.25, 0.3) is 0 Å². The third-order valence-electron chi connectivity index (χ3n) is 2.14. The van der Waals surface area contributed by atoms with Crippen molar-refractivity contribution < 1.29 is 14.4 Å². The Balaban J connectivity index is 2.46. The largest absolute Gasteiger partial charge is 0.328 e. The molecule has 11 heavy (non-hydrogen) atoms. The minimum absolute atomic E-state index is 0.345. The van der Waals surface area contributed by atoms with Gasteiger partial charge in [0.2, 0.25) is 0 Å². The molecule has 0 atom stereocenters. The molecule has 0 radical (unpaired) electrons. The zero-order valence-electron chi connectivity index (χ0n) is 6.18. The third kappa shape index (κ3) is 2.79. The summed E-state index contributed by atoms with van der Waals surface area (Å²) in [6.45, 7) is 0. The second-order valence-electron chi connectivity index (χ2n) is 3.05. The van der Waals surface area contributed by atoms with Crippen LogP contribution in [0, 0.1) is 0 Å². The van der Waals surface area contributed by atoms with Crippen molar-refractivity contribution in [1.29, 1.82) is 0 Å². The Morgan fingerprint density at radius 1 is 1.18 bits per heavy atom. The number of rotatable bonds is 1. The van der Waals surface area contributed by atoms with Gasteiger partial charge < -0.3 is 9.79 Å². The van der Waals surface area contributed by atoms with Gasteiger partial charge in [0, 0.05) is 5.25 Å². The average Bonchev–Trinajstić information content (AvgIpc) is 1.86. The molecule has 5 heteroatoms. The van der Waals surface area contributed by atoms with E-state index in [0.717, 1.165) is 12.8 Å². The molecular formula is C6H13O3PS. The highest BCUT2D eigenvalue weighted by atomic mass is 32.1. The van der Waals surface area contributed by atoms with Crippen LogP contribution >= 0.6 is 20.2 Å². The van der Waals surface area contributed by atoms with Crippen LogP contribution in [0.5, 0.6) is 0 Å². The van der Waals surface area contributed by atoms with E-state index in [2.05, 4.69) is 12.6 Å². The smallest absolute Gasteiger partial charge is 0.324 e. The molecule has 0 heterocycles. The summed E-state index contributed by atoms with van der Waals surface area (Å²) in [6, 6.07) is 0. The van der Waals surface area contributed by atoms with Gasteiger partial charge in [0.05, 0.1) is 5.66 Å². The predicted octanol–water partition coefficient (Wildman–Crippen LogP) is 1.41. The van der Waals surface area contributed by atoms with Crippen molar-refractivity contribution in [3.05, 3.63) is 0 Å². The summed E-state index contributed by atoms with van der Waals surface area (Å²) in [6.07, 6.45) is 2.91. The monoisotopic (exact) mass is 196 g/mol. The van der Waals surface area contributed by atoms with Crippen molar-refractivity contribution in [2.75, 3.05) is 0 Å². The van der Waals surface area contributed by atoms with Gasteiger partial charge in [-0.15, -0.1) is 0 Å². The van der Waals surface area contributed by atoms with Crippen LogP contribution in [-0.2, 0) is 4.57 Å². The standard InChI is InChI=1S/C6H13O3PS/c7-10(8,9)5-1-3-6(11)4-2-5/h5-6,11H,1-4H2,(H2,7,8,9). The van der Waals surface area contributed by atoms with E-state index >= 15 is 0 Å². The Morgan fingerprint density at radius 2 is 1.64 bits per heavy atom. The van der Waals surface area contributed by atoms with Crippen LogP contribution in [0.3, 0.4) is 0 Å². The quantitative estimate of drug-likeness (QED) is 0.439. The Bertz CT molecular complexity index is 171. The van der Waals surface area contributed by atoms with Gasteiger partial charge in [-0.2, -0.15) is 12.6 Å². The molecule has 0 bridgehead atoms. The average molecular weight is 196 g/mol. The van der Waals surface area contributed by atoms with E-state index < -0.39 is 13.3 Å². The fourth-order valence-electron chi connectivity index (χ4n) is 1.39. The first-order valence-electron chi connectivity index (χ1n) is 3.73. The van der Waals surface area contributed by atoms with Crippen molar-refractivity contribution in [1.82, 2.24) is 0 Å². The van der Waals surface area contributed by atoms with E-state index in [1.54, 1.807) is 0 Å². The van der Waals surface area contributed by atoms with E-state index in [9.17, 15) is 4.57 Å². The second-order valence-corrected chi connectivity index (χ2v) is 5.69. The fourth-order valence-corrected chi connectivity index (χ4v) is 2.66. The van der Waals surface area contributed by atoms with Crippen molar-refractivity contribution in [3.63, 3.8) is 0 Å². The molecule has 1 aliphatic rings. The molecule has 1 fully saturated rings. The maximum atomic E-state index is 10.8. The Hall–Kier alpha value is 0.500. The zero-order chi connectivity index (χ0) is 8.48. The molecule has 0 unspecified atom stereocenters. The van der Waals surface area contributed by atoms with Gasteiger partial charge in [0.1, 0.15) is 0 Å². The van der Waals surface area contributed by atoms with Gasteiger partial charge >= 0.3 is 7.60 Å². The lowest BCUT2D eigenvalue weighted by Crippen LogP contribution is -2.18. The molecule has 0 amide bonds. The van der Waals surface area contributed by atoms with Crippen LogP contribution in [0.2, 0.25) is 0 Å². The molecule has 1 saturated carbocycles. The van der Waals surface area contributed by atoms with Crippen molar-refractivity contribution in [2.24, 2.45) is 0 Å². The molecule has 3 nitrogen and oxygen atoms in total. The first-order chi connectivity index (χ1) is 5.00. The Morgan fingerprint density at radius 3 is 2.00 bits per heavy atom. The fraction of sp³-hybridized carbons (Fsp3) is 1.00. The molecule has 1 aliphatic carbocycles. The minimum atomic E-state index is -3.80. The molecule has 0 aromatic carbocycles. The molecule has 0 aliphatic heterocycles. The van der Waals surface area contributed by atoms with Gasteiger partial charge in [-0.05, 0) is 25.7 Å². The highest BCUT2D eigenvalue weighted by Crippen LogP contribution is 2.48. The topological polar surface area (TPSA) is 57.5 Å².